The third-order valence-corrected chi connectivity index (χ3v) is 9.82. The average Bonchev–Trinajstić information content (AvgIpc) is 3.83. The number of carbonyl (C=O) groups is 3. The van der Waals surface area contributed by atoms with E-state index in [9.17, 15) is 14.4 Å². The van der Waals surface area contributed by atoms with Gasteiger partial charge in [0.1, 0.15) is 5.54 Å². The van der Waals surface area contributed by atoms with E-state index in [1.54, 1.807) is 19.2 Å². The third kappa shape index (κ3) is 5.24. The number of hydrogen-bond donors (Lipinski definition) is 1. The molecule has 5 rings (SSSR count). The van der Waals surface area contributed by atoms with E-state index >= 15 is 0 Å². The van der Waals surface area contributed by atoms with Crippen molar-refractivity contribution in [3.8, 4) is 0 Å². The molecule has 2 aliphatic carbocycles. The summed E-state index contributed by atoms with van der Waals surface area (Å²) in [5.41, 5.74) is -0.469. The van der Waals surface area contributed by atoms with Gasteiger partial charge in [-0.1, -0.05) is 49.0 Å². The fourth-order valence-electron chi connectivity index (χ4n) is 6.06. The van der Waals surface area contributed by atoms with Crippen molar-refractivity contribution < 1.29 is 19.1 Å². The van der Waals surface area contributed by atoms with E-state index in [2.05, 4.69) is 5.32 Å². The predicted molar refractivity (Wildman–Crippen MR) is 143 cm³/mol. The summed E-state index contributed by atoms with van der Waals surface area (Å²) in [6, 6.07) is 5.43. The van der Waals surface area contributed by atoms with Crippen LogP contribution in [0, 0.1) is 17.3 Å². The number of ketones is 1. The molecule has 0 radical (unpaired) electrons. The number of ether oxygens (including phenoxy) is 1. The molecule has 2 saturated heterocycles. The monoisotopic (exact) mass is 549 g/mol. The summed E-state index contributed by atoms with van der Waals surface area (Å²) in [5.74, 6) is 0.334. The maximum Gasteiger partial charge on any atom is 0.410 e. The molecule has 9 heteroatoms. The number of benzene rings is 1. The lowest BCUT2D eigenvalue weighted by Gasteiger charge is -2.44. The quantitative estimate of drug-likeness (QED) is 0.499. The highest BCUT2D eigenvalue weighted by atomic mass is 35.5. The van der Waals surface area contributed by atoms with Crippen molar-refractivity contribution in [2.75, 3.05) is 39.8 Å². The summed E-state index contributed by atoms with van der Waals surface area (Å²) >= 11 is 12.6. The van der Waals surface area contributed by atoms with Crippen LogP contribution in [0.1, 0.15) is 63.4 Å². The van der Waals surface area contributed by atoms with E-state index in [4.69, 9.17) is 27.9 Å². The average molecular weight is 551 g/mol. The van der Waals surface area contributed by atoms with Crippen molar-refractivity contribution in [3.05, 3.63) is 33.8 Å². The summed E-state index contributed by atoms with van der Waals surface area (Å²) in [7, 11) is 1.68. The van der Waals surface area contributed by atoms with E-state index in [0.29, 0.717) is 61.6 Å². The van der Waals surface area contributed by atoms with Gasteiger partial charge in [-0.2, -0.15) is 0 Å². The first kappa shape index (κ1) is 26.8. The fourth-order valence-corrected chi connectivity index (χ4v) is 6.37. The molecule has 37 heavy (non-hydrogen) atoms. The van der Waals surface area contributed by atoms with Crippen molar-refractivity contribution >= 4 is 41.0 Å². The van der Waals surface area contributed by atoms with Gasteiger partial charge in [-0.25, -0.2) is 4.79 Å². The van der Waals surface area contributed by atoms with Gasteiger partial charge in [0.05, 0.1) is 16.7 Å². The van der Waals surface area contributed by atoms with Crippen LogP contribution in [0.3, 0.4) is 0 Å². The highest BCUT2D eigenvalue weighted by Crippen LogP contribution is 2.47. The molecule has 1 aromatic carbocycles. The molecular weight excluding hydrogens is 513 g/mol. The van der Waals surface area contributed by atoms with Crippen molar-refractivity contribution in [2.45, 2.75) is 63.3 Å². The van der Waals surface area contributed by atoms with E-state index in [0.717, 1.165) is 24.8 Å². The number of amides is 2. The number of likely N-dealkylation sites (N-methyl/N-ethyl adjacent to an activating group) is 1. The van der Waals surface area contributed by atoms with Crippen LogP contribution in [0.5, 0.6) is 0 Å². The molecule has 0 unspecified atom stereocenters. The van der Waals surface area contributed by atoms with Crippen molar-refractivity contribution in [1.29, 1.82) is 0 Å². The summed E-state index contributed by atoms with van der Waals surface area (Å²) in [5, 5.41) is 4.25. The summed E-state index contributed by atoms with van der Waals surface area (Å²) < 4.78 is 5.66. The molecule has 1 N–H and O–H groups in total. The number of carbonyl (C=O) groups excluding carboxylic acids is 3. The SMILES string of the molecule is CN(C(=O)OCCC1CC1)[C@]1(C(=O)C2CCN(C(=O)C3(C)CC3)CC2)CNC[C@H]1c1ccc(Cl)c(Cl)c1. The number of hydrogen-bond acceptors (Lipinski definition) is 5. The van der Waals surface area contributed by atoms with Crippen LogP contribution in [-0.4, -0.2) is 73.0 Å². The molecule has 7 nitrogen and oxygen atoms in total. The summed E-state index contributed by atoms with van der Waals surface area (Å²) in [6.45, 7) is 4.39. The van der Waals surface area contributed by atoms with Gasteiger partial charge in [-0.15, -0.1) is 0 Å². The van der Waals surface area contributed by atoms with Gasteiger partial charge in [0.25, 0.3) is 0 Å². The highest BCUT2D eigenvalue weighted by molar-refractivity contribution is 6.42. The van der Waals surface area contributed by atoms with Gasteiger partial charge in [0.15, 0.2) is 5.78 Å². The molecule has 1 aromatic rings. The molecular formula is C28H37Cl2N3O4. The van der Waals surface area contributed by atoms with Gasteiger partial charge in [0.2, 0.25) is 5.91 Å². The molecule has 0 spiro atoms. The Morgan fingerprint density at radius 3 is 2.43 bits per heavy atom. The van der Waals surface area contributed by atoms with Gasteiger partial charge in [-0.05, 0) is 55.7 Å². The largest absolute Gasteiger partial charge is 0.449 e. The Hall–Kier alpha value is -1.83. The maximum atomic E-state index is 14.4. The van der Waals surface area contributed by atoms with Crippen molar-refractivity contribution in [1.82, 2.24) is 15.1 Å². The van der Waals surface area contributed by atoms with E-state index in [1.807, 2.05) is 17.9 Å². The second-order valence-corrected chi connectivity index (χ2v) is 12.5. The third-order valence-electron chi connectivity index (χ3n) is 9.08. The molecule has 2 saturated carbocycles. The lowest BCUT2D eigenvalue weighted by Crippen LogP contribution is -2.62. The Balaban J connectivity index is 1.38. The van der Waals surface area contributed by atoms with Crippen LogP contribution in [-0.2, 0) is 14.3 Å². The minimum Gasteiger partial charge on any atom is -0.449 e. The fraction of sp³-hybridized carbons (Fsp3) is 0.679. The Morgan fingerprint density at radius 1 is 1.11 bits per heavy atom. The lowest BCUT2D eigenvalue weighted by atomic mass is 9.72. The van der Waals surface area contributed by atoms with Gasteiger partial charge in [-0.3, -0.25) is 14.5 Å². The highest BCUT2D eigenvalue weighted by Gasteiger charge is 2.57. The second kappa shape index (κ2) is 10.4. The standard InChI is InChI=1S/C28H37Cl2N3O4/c1-27(10-11-27)25(35)33-12-7-19(8-13-33)24(34)28(32(2)26(36)37-14-9-18-3-4-18)17-31-16-21(28)20-5-6-22(29)23(30)15-20/h5-6,15,18-19,21,31H,3-4,7-14,16-17H2,1-2H3/t21-,28+/m0/s1. The van der Waals surface area contributed by atoms with Crippen LogP contribution in [0.15, 0.2) is 18.2 Å². The molecule has 0 aromatic heterocycles. The van der Waals surface area contributed by atoms with Crippen LogP contribution < -0.4 is 5.32 Å². The van der Waals surface area contributed by atoms with Crippen molar-refractivity contribution in [3.63, 3.8) is 0 Å². The summed E-state index contributed by atoms with van der Waals surface area (Å²) in [6.07, 6.45) is 5.86. The minimum atomic E-state index is -1.12. The number of likely N-dealkylation sites (tertiary alicyclic amines) is 1. The number of Topliss-reactive ketones (excluding diaryl/α,β-unsaturated/α-hetero) is 1. The first-order valence-corrected chi connectivity index (χ1v) is 14.3. The van der Waals surface area contributed by atoms with Gasteiger partial charge < -0.3 is 15.0 Å². The molecule has 0 bridgehead atoms. The zero-order chi connectivity index (χ0) is 26.4. The second-order valence-electron chi connectivity index (χ2n) is 11.7. The first-order chi connectivity index (χ1) is 17.7. The van der Waals surface area contributed by atoms with Gasteiger partial charge >= 0.3 is 6.09 Å². The maximum absolute atomic E-state index is 14.4. The van der Waals surface area contributed by atoms with Crippen LogP contribution >= 0.6 is 23.2 Å². The molecule has 2 heterocycles. The number of nitrogens with one attached hydrogen (secondary N) is 1. The van der Waals surface area contributed by atoms with E-state index in [-0.39, 0.29) is 28.9 Å². The first-order valence-electron chi connectivity index (χ1n) is 13.6. The molecule has 2 amide bonds. The Bertz CT molecular complexity index is 1070. The van der Waals surface area contributed by atoms with Crippen LogP contribution in [0.25, 0.3) is 0 Å². The molecule has 2 atom stereocenters. The summed E-state index contributed by atoms with van der Waals surface area (Å²) in [4.78, 5) is 44.0. The van der Waals surface area contributed by atoms with E-state index < -0.39 is 11.6 Å². The topological polar surface area (TPSA) is 79.0 Å². The molecule has 4 aliphatic rings. The number of rotatable bonds is 8. The zero-order valence-electron chi connectivity index (χ0n) is 21.7. The van der Waals surface area contributed by atoms with Crippen LogP contribution in [0.4, 0.5) is 4.79 Å². The lowest BCUT2D eigenvalue weighted by molar-refractivity contribution is -0.142. The van der Waals surface area contributed by atoms with Crippen molar-refractivity contribution in [2.24, 2.45) is 17.3 Å². The molecule has 4 fully saturated rings. The smallest absolute Gasteiger partial charge is 0.410 e. The number of halogens is 2. The van der Waals surface area contributed by atoms with E-state index in [1.165, 1.54) is 17.7 Å². The van der Waals surface area contributed by atoms with Gasteiger partial charge in [0, 0.05) is 50.5 Å². The zero-order valence-corrected chi connectivity index (χ0v) is 23.2. The van der Waals surface area contributed by atoms with Crippen LogP contribution in [0.2, 0.25) is 10.0 Å². The normalized spacial score (nSPS) is 27.1. The Labute approximate surface area is 229 Å². The predicted octanol–water partition coefficient (Wildman–Crippen LogP) is 4.90. The Kier molecular flexibility index (Phi) is 7.51. The Morgan fingerprint density at radius 2 is 1.81 bits per heavy atom. The number of nitrogens with zero attached hydrogens (tertiary/aromatic N) is 2. The molecule has 202 valence electrons. The minimum absolute atomic E-state index is 0.0277. The molecule has 2 aliphatic heterocycles. The number of piperidine rings is 1.